The van der Waals surface area contributed by atoms with Gasteiger partial charge in [0, 0.05) is 24.8 Å². The topological polar surface area (TPSA) is 108 Å². The van der Waals surface area contributed by atoms with E-state index in [1.807, 2.05) is 6.07 Å². The van der Waals surface area contributed by atoms with E-state index >= 15 is 0 Å². The molecule has 1 aromatic rings. The quantitative estimate of drug-likeness (QED) is 0.654. The molecule has 0 spiro atoms. The third-order valence-corrected chi connectivity index (χ3v) is 4.01. The van der Waals surface area contributed by atoms with Crippen molar-refractivity contribution in [3.63, 3.8) is 0 Å². The molecule has 1 amide bonds. The third kappa shape index (κ3) is 3.34. The Morgan fingerprint density at radius 1 is 1.41 bits per heavy atom. The highest BCUT2D eigenvalue weighted by Crippen LogP contribution is 2.29. The lowest BCUT2D eigenvalue weighted by atomic mass is 9.83. The number of nitro groups is 1. The molecule has 1 saturated carbocycles. The van der Waals surface area contributed by atoms with Crippen molar-refractivity contribution in [2.24, 2.45) is 5.92 Å². The molecule has 1 aliphatic carbocycles. The second kappa shape index (κ2) is 6.89. The van der Waals surface area contributed by atoms with E-state index in [-0.39, 0.29) is 29.1 Å². The number of nitriles is 1. The molecule has 2 unspecified atom stereocenters. The highest BCUT2D eigenvalue weighted by Gasteiger charge is 2.30. The summed E-state index contributed by atoms with van der Waals surface area (Å²) in [6, 6.07) is 6.17. The number of anilines is 1. The van der Waals surface area contributed by atoms with Gasteiger partial charge in [-0.2, -0.15) is 5.26 Å². The van der Waals surface area contributed by atoms with Gasteiger partial charge in [-0.05, 0) is 25.0 Å². The van der Waals surface area contributed by atoms with Crippen molar-refractivity contribution in [1.82, 2.24) is 5.32 Å². The number of nitro benzene ring substituents is 1. The van der Waals surface area contributed by atoms with Gasteiger partial charge in [0.15, 0.2) is 0 Å². The third-order valence-electron chi connectivity index (χ3n) is 4.01. The van der Waals surface area contributed by atoms with Crippen LogP contribution in [0.5, 0.6) is 0 Å². The molecule has 116 valence electrons. The molecule has 1 aromatic carbocycles. The summed E-state index contributed by atoms with van der Waals surface area (Å²) in [6.45, 7) is 0. The molecule has 7 nitrogen and oxygen atoms in total. The van der Waals surface area contributed by atoms with Crippen LogP contribution in [0, 0.1) is 27.4 Å². The van der Waals surface area contributed by atoms with Gasteiger partial charge in [-0.1, -0.05) is 12.8 Å². The van der Waals surface area contributed by atoms with E-state index in [1.165, 1.54) is 12.1 Å². The van der Waals surface area contributed by atoms with Crippen LogP contribution in [0.4, 0.5) is 11.4 Å². The number of rotatable bonds is 4. The molecule has 1 aliphatic rings. The molecule has 2 rings (SSSR count). The summed E-state index contributed by atoms with van der Waals surface area (Å²) in [4.78, 5) is 22.2. The summed E-state index contributed by atoms with van der Waals surface area (Å²) < 4.78 is 0. The summed E-state index contributed by atoms with van der Waals surface area (Å²) in [5.74, 6) is -0.126. The lowest BCUT2D eigenvalue weighted by Crippen LogP contribution is -2.41. The van der Waals surface area contributed by atoms with Crippen LogP contribution in [-0.4, -0.2) is 23.9 Å². The number of amides is 1. The monoisotopic (exact) mass is 302 g/mol. The Balaban J connectivity index is 2.20. The van der Waals surface area contributed by atoms with Gasteiger partial charge in [-0.15, -0.1) is 0 Å². The minimum absolute atomic E-state index is 0.000353. The van der Waals surface area contributed by atoms with Crippen molar-refractivity contribution in [2.45, 2.75) is 31.7 Å². The van der Waals surface area contributed by atoms with Crippen molar-refractivity contribution in [3.8, 4) is 6.07 Å². The Morgan fingerprint density at radius 2 is 2.14 bits per heavy atom. The van der Waals surface area contributed by atoms with E-state index in [2.05, 4.69) is 10.6 Å². The van der Waals surface area contributed by atoms with Crippen LogP contribution >= 0.6 is 0 Å². The Hall–Kier alpha value is -2.62. The highest BCUT2D eigenvalue weighted by molar-refractivity contribution is 5.79. The van der Waals surface area contributed by atoms with Gasteiger partial charge in [0.2, 0.25) is 5.91 Å². The van der Waals surface area contributed by atoms with Crippen LogP contribution in [-0.2, 0) is 4.79 Å². The van der Waals surface area contributed by atoms with Gasteiger partial charge < -0.3 is 10.6 Å². The van der Waals surface area contributed by atoms with Crippen LogP contribution in [0.25, 0.3) is 0 Å². The van der Waals surface area contributed by atoms with Crippen LogP contribution in [0.1, 0.15) is 31.2 Å². The second-order valence-electron chi connectivity index (χ2n) is 5.36. The van der Waals surface area contributed by atoms with Crippen molar-refractivity contribution < 1.29 is 9.72 Å². The summed E-state index contributed by atoms with van der Waals surface area (Å²) >= 11 is 0. The molecule has 0 aromatic heterocycles. The predicted molar refractivity (Wildman–Crippen MR) is 81.2 cm³/mol. The second-order valence-corrected chi connectivity index (χ2v) is 5.36. The number of carbonyl (C=O) groups is 1. The van der Waals surface area contributed by atoms with Crippen molar-refractivity contribution in [2.75, 3.05) is 12.4 Å². The maximum Gasteiger partial charge on any atom is 0.287 e. The van der Waals surface area contributed by atoms with E-state index in [4.69, 9.17) is 5.26 Å². The fourth-order valence-electron chi connectivity index (χ4n) is 2.89. The number of hydrogen-bond donors (Lipinski definition) is 2. The average Bonchev–Trinajstić information content (AvgIpc) is 2.54. The first-order chi connectivity index (χ1) is 10.6. The fraction of sp³-hybridized carbons (Fsp3) is 0.467. The summed E-state index contributed by atoms with van der Waals surface area (Å²) in [5.41, 5.74) is 0.435. The summed E-state index contributed by atoms with van der Waals surface area (Å²) in [6.07, 6.45) is 3.72. The standard InChI is InChI=1S/C15H18N4O3/c1-17-15(20)12-4-2-3-5-13(12)18-11-6-7-14(19(21)22)10(8-11)9-16/h6-8,12-13,18H,2-5H2,1H3,(H,17,20). The Morgan fingerprint density at radius 3 is 2.77 bits per heavy atom. The zero-order valence-electron chi connectivity index (χ0n) is 12.3. The van der Waals surface area contributed by atoms with Crippen LogP contribution in [0.3, 0.4) is 0 Å². The van der Waals surface area contributed by atoms with E-state index < -0.39 is 4.92 Å². The zero-order valence-corrected chi connectivity index (χ0v) is 12.3. The Labute approximate surface area is 128 Å². The molecule has 0 heterocycles. The first-order valence-electron chi connectivity index (χ1n) is 7.23. The molecule has 2 N–H and O–H groups in total. The van der Waals surface area contributed by atoms with Gasteiger partial charge in [0.25, 0.3) is 5.69 Å². The molecule has 0 saturated heterocycles. The van der Waals surface area contributed by atoms with Crippen LogP contribution in [0.2, 0.25) is 0 Å². The number of hydrogen-bond acceptors (Lipinski definition) is 5. The molecule has 0 aliphatic heterocycles. The first-order valence-corrected chi connectivity index (χ1v) is 7.23. The Kier molecular flexibility index (Phi) is 4.94. The van der Waals surface area contributed by atoms with Crippen molar-refractivity contribution in [1.29, 1.82) is 5.26 Å². The number of nitrogens with one attached hydrogen (secondary N) is 2. The van der Waals surface area contributed by atoms with E-state index in [1.54, 1.807) is 13.1 Å². The highest BCUT2D eigenvalue weighted by atomic mass is 16.6. The molecule has 1 fully saturated rings. The largest absolute Gasteiger partial charge is 0.381 e. The predicted octanol–water partition coefficient (Wildman–Crippen LogP) is 2.18. The van der Waals surface area contributed by atoms with E-state index in [9.17, 15) is 14.9 Å². The first kappa shape index (κ1) is 15.8. The molecular weight excluding hydrogens is 284 g/mol. The summed E-state index contributed by atoms with van der Waals surface area (Å²) in [5, 5.41) is 25.8. The van der Waals surface area contributed by atoms with E-state index in [0.29, 0.717) is 5.69 Å². The lowest BCUT2D eigenvalue weighted by molar-refractivity contribution is -0.385. The normalized spacial score (nSPS) is 20.7. The number of benzene rings is 1. The van der Waals surface area contributed by atoms with Crippen molar-refractivity contribution in [3.05, 3.63) is 33.9 Å². The lowest BCUT2D eigenvalue weighted by Gasteiger charge is -2.31. The minimum Gasteiger partial charge on any atom is -0.381 e. The maximum atomic E-state index is 11.9. The maximum absolute atomic E-state index is 11.9. The Bertz CT molecular complexity index is 624. The minimum atomic E-state index is -0.573. The van der Waals surface area contributed by atoms with Gasteiger partial charge in [-0.3, -0.25) is 14.9 Å². The van der Waals surface area contributed by atoms with E-state index in [0.717, 1.165) is 25.7 Å². The number of carbonyl (C=O) groups excluding carboxylic acids is 1. The molecule has 7 heteroatoms. The van der Waals surface area contributed by atoms with Gasteiger partial charge in [0.05, 0.1) is 10.8 Å². The molecule has 0 bridgehead atoms. The molecular formula is C15H18N4O3. The van der Waals surface area contributed by atoms with Gasteiger partial charge in [0.1, 0.15) is 11.6 Å². The van der Waals surface area contributed by atoms with Crippen LogP contribution < -0.4 is 10.6 Å². The average molecular weight is 302 g/mol. The fourth-order valence-corrected chi connectivity index (χ4v) is 2.89. The van der Waals surface area contributed by atoms with Gasteiger partial charge >= 0.3 is 0 Å². The molecule has 22 heavy (non-hydrogen) atoms. The van der Waals surface area contributed by atoms with Crippen LogP contribution in [0.15, 0.2) is 18.2 Å². The smallest absolute Gasteiger partial charge is 0.287 e. The summed E-state index contributed by atoms with van der Waals surface area (Å²) in [7, 11) is 1.62. The number of nitrogens with zero attached hydrogens (tertiary/aromatic N) is 2. The van der Waals surface area contributed by atoms with Gasteiger partial charge in [-0.25, -0.2) is 0 Å². The van der Waals surface area contributed by atoms with Crippen molar-refractivity contribution >= 4 is 17.3 Å². The molecule has 2 atom stereocenters. The molecule has 0 radical (unpaired) electrons. The SMILES string of the molecule is CNC(=O)C1CCCCC1Nc1ccc([N+](=O)[O-])c(C#N)c1. The zero-order chi connectivity index (χ0) is 16.1.